The number of nitrogens with one attached hydrogen (secondary N) is 1. The van der Waals surface area contributed by atoms with Crippen LogP contribution in [0.4, 0.5) is 5.82 Å². The van der Waals surface area contributed by atoms with Gasteiger partial charge in [-0.2, -0.15) is 5.26 Å². The van der Waals surface area contributed by atoms with E-state index >= 15 is 0 Å². The van der Waals surface area contributed by atoms with E-state index in [1.165, 1.54) is 6.07 Å². The van der Waals surface area contributed by atoms with Gasteiger partial charge in [0.25, 0.3) is 10.0 Å². The van der Waals surface area contributed by atoms with Gasteiger partial charge in [-0.3, -0.25) is 4.79 Å². The molecule has 2 aromatic rings. The highest BCUT2D eigenvalue weighted by molar-refractivity contribution is 7.92. The number of ether oxygens (including phenoxy) is 1. The summed E-state index contributed by atoms with van der Waals surface area (Å²) in [5.74, 6) is -1.42. The number of esters is 1. The maximum absolute atomic E-state index is 12.5. The summed E-state index contributed by atoms with van der Waals surface area (Å²) in [4.78, 5) is 34.6. The van der Waals surface area contributed by atoms with Crippen LogP contribution in [0.1, 0.15) is 39.2 Å². The normalized spacial score (nSPS) is 14.0. The molecule has 1 aliphatic rings. The van der Waals surface area contributed by atoms with Gasteiger partial charge in [-0.15, -0.1) is 11.3 Å². The lowest BCUT2D eigenvalue weighted by Gasteiger charge is -2.39. The number of nitrogens with zero attached hydrogens (tertiary/aromatic N) is 4. The van der Waals surface area contributed by atoms with Crippen molar-refractivity contribution >= 4 is 39.1 Å². The van der Waals surface area contributed by atoms with E-state index < -0.39 is 27.8 Å². The highest BCUT2D eigenvalue weighted by Crippen LogP contribution is 2.29. The van der Waals surface area contributed by atoms with E-state index in [2.05, 4.69) is 14.7 Å². The second kappa shape index (κ2) is 8.60. The van der Waals surface area contributed by atoms with Gasteiger partial charge in [0, 0.05) is 13.1 Å². The number of pyridine rings is 1. The SMILES string of the molecule is CCOC(=O)c1cc(C#N)c(N2CC(C(=O)NS(=O)(=O)c3sc(C)nc3C)C2)nc1C. The summed E-state index contributed by atoms with van der Waals surface area (Å²) in [5.41, 5.74) is 1.13. The van der Waals surface area contributed by atoms with Crippen molar-refractivity contribution in [2.24, 2.45) is 5.92 Å². The molecule has 0 aromatic carbocycles. The van der Waals surface area contributed by atoms with Crippen LogP contribution in [0.3, 0.4) is 0 Å². The Bertz CT molecular complexity index is 1190. The van der Waals surface area contributed by atoms with Crippen LogP contribution >= 0.6 is 11.3 Å². The monoisotopic (exact) mass is 463 g/mol. The van der Waals surface area contributed by atoms with E-state index in [-0.39, 0.29) is 35.0 Å². The van der Waals surface area contributed by atoms with Crippen molar-refractivity contribution in [3.63, 3.8) is 0 Å². The molecule has 12 heteroatoms. The van der Waals surface area contributed by atoms with Crippen molar-refractivity contribution in [3.8, 4) is 6.07 Å². The van der Waals surface area contributed by atoms with Crippen LogP contribution in [0.2, 0.25) is 0 Å². The first-order valence-electron chi connectivity index (χ1n) is 9.41. The number of sulfonamides is 1. The summed E-state index contributed by atoms with van der Waals surface area (Å²) in [6.07, 6.45) is 0. The summed E-state index contributed by atoms with van der Waals surface area (Å²) < 4.78 is 32.1. The van der Waals surface area contributed by atoms with Gasteiger partial charge in [-0.1, -0.05) is 0 Å². The number of hydrogen-bond donors (Lipinski definition) is 1. The fourth-order valence-electron chi connectivity index (χ4n) is 3.17. The lowest BCUT2D eigenvalue weighted by molar-refractivity contribution is -0.123. The van der Waals surface area contributed by atoms with Crippen LogP contribution in [-0.4, -0.2) is 50.0 Å². The van der Waals surface area contributed by atoms with Crippen LogP contribution in [0.5, 0.6) is 0 Å². The Kier molecular flexibility index (Phi) is 6.28. The molecule has 0 aliphatic carbocycles. The molecule has 164 valence electrons. The standard InChI is InChI=1S/C19H21N5O5S2/c1-5-29-18(26)15-6-13(7-20)16(22-10(15)2)24-8-14(9-24)17(25)23-31(27,28)19-11(3)21-12(4)30-19/h6,14H,5,8-9H2,1-4H3,(H,23,25). The minimum Gasteiger partial charge on any atom is -0.462 e. The molecule has 0 saturated carbocycles. The number of aromatic nitrogens is 2. The van der Waals surface area contributed by atoms with Gasteiger partial charge >= 0.3 is 5.97 Å². The lowest BCUT2D eigenvalue weighted by atomic mass is 9.98. The maximum Gasteiger partial charge on any atom is 0.340 e. The first-order valence-corrected chi connectivity index (χ1v) is 11.7. The third-order valence-corrected chi connectivity index (χ3v) is 7.73. The first kappa shape index (κ1) is 22.6. The van der Waals surface area contributed by atoms with Crippen molar-refractivity contribution in [1.29, 1.82) is 5.26 Å². The van der Waals surface area contributed by atoms with Crippen LogP contribution in [-0.2, 0) is 19.6 Å². The zero-order chi connectivity index (χ0) is 22.9. The molecule has 3 heterocycles. The largest absolute Gasteiger partial charge is 0.462 e. The average molecular weight is 464 g/mol. The molecule has 10 nitrogen and oxygen atoms in total. The zero-order valence-electron chi connectivity index (χ0n) is 17.4. The fourth-order valence-corrected chi connectivity index (χ4v) is 5.70. The molecular weight excluding hydrogens is 442 g/mol. The van der Waals surface area contributed by atoms with Crippen LogP contribution in [0.15, 0.2) is 10.3 Å². The second-order valence-corrected chi connectivity index (χ2v) is 10.1. The summed E-state index contributed by atoms with van der Waals surface area (Å²) in [7, 11) is -3.99. The number of thiazole rings is 1. The number of amides is 1. The van der Waals surface area contributed by atoms with Gasteiger partial charge in [0.15, 0.2) is 4.21 Å². The fraction of sp³-hybridized carbons (Fsp3) is 0.421. The second-order valence-electron chi connectivity index (χ2n) is 7.00. The van der Waals surface area contributed by atoms with Crippen LogP contribution in [0, 0.1) is 38.0 Å². The van der Waals surface area contributed by atoms with Gasteiger partial charge in [0.2, 0.25) is 5.91 Å². The number of anilines is 1. The highest BCUT2D eigenvalue weighted by Gasteiger charge is 2.37. The van der Waals surface area contributed by atoms with Gasteiger partial charge in [-0.05, 0) is 33.8 Å². The highest BCUT2D eigenvalue weighted by atomic mass is 32.2. The molecule has 1 amide bonds. The Hall–Kier alpha value is -3.04. The molecule has 1 saturated heterocycles. The number of carbonyl (C=O) groups is 2. The van der Waals surface area contributed by atoms with Crippen molar-refractivity contribution in [2.75, 3.05) is 24.6 Å². The van der Waals surface area contributed by atoms with E-state index in [0.29, 0.717) is 22.2 Å². The molecule has 2 aromatic heterocycles. The van der Waals surface area contributed by atoms with Crippen molar-refractivity contribution in [2.45, 2.75) is 31.9 Å². The summed E-state index contributed by atoms with van der Waals surface area (Å²) >= 11 is 1.00. The van der Waals surface area contributed by atoms with Gasteiger partial charge in [0.05, 0.1) is 40.0 Å². The summed E-state index contributed by atoms with van der Waals surface area (Å²) in [5, 5.41) is 10.1. The van der Waals surface area contributed by atoms with Crippen molar-refractivity contribution in [3.05, 3.63) is 33.6 Å². The predicted octanol–water partition coefficient (Wildman–Crippen LogP) is 1.45. The Labute approximate surface area is 183 Å². The third-order valence-electron chi connectivity index (χ3n) is 4.70. The van der Waals surface area contributed by atoms with Gasteiger partial charge in [0.1, 0.15) is 11.9 Å². The van der Waals surface area contributed by atoms with E-state index in [4.69, 9.17) is 4.74 Å². The van der Waals surface area contributed by atoms with E-state index in [0.717, 1.165) is 11.3 Å². The van der Waals surface area contributed by atoms with Crippen molar-refractivity contribution < 1.29 is 22.7 Å². The molecule has 1 aliphatic heterocycles. The molecule has 1 N–H and O–H groups in total. The molecule has 31 heavy (non-hydrogen) atoms. The third kappa shape index (κ3) is 4.52. The summed E-state index contributed by atoms with van der Waals surface area (Å²) in [6.45, 7) is 7.18. The van der Waals surface area contributed by atoms with Gasteiger partial charge < -0.3 is 9.64 Å². The van der Waals surface area contributed by atoms with Gasteiger partial charge in [-0.25, -0.2) is 27.9 Å². The van der Waals surface area contributed by atoms with E-state index in [1.807, 2.05) is 6.07 Å². The first-order chi connectivity index (χ1) is 14.6. The summed E-state index contributed by atoms with van der Waals surface area (Å²) in [6, 6.07) is 3.43. The Morgan fingerprint density at radius 3 is 2.52 bits per heavy atom. The number of hydrogen-bond acceptors (Lipinski definition) is 10. The molecule has 0 atom stereocenters. The number of nitriles is 1. The average Bonchev–Trinajstić information content (AvgIpc) is 2.99. The number of rotatable bonds is 6. The van der Waals surface area contributed by atoms with E-state index in [9.17, 15) is 23.3 Å². The Balaban J connectivity index is 1.71. The minimum absolute atomic E-state index is 0.0214. The van der Waals surface area contributed by atoms with Crippen LogP contribution < -0.4 is 9.62 Å². The minimum atomic E-state index is -3.99. The number of carbonyl (C=O) groups excluding carboxylic acids is 2. The van der Waals surface area contributed by atoms with E-state index in [1.54, 1.807) is 32.6 Å². The number of aryl methyl sites for hydroxylation is 3. The smallest absolute Gasteiger partial charge is 0.340 e. The molecule has 0 spiro atoms. The molecule has 1 fully saturated rings. The molecular formula is C19H21N5O5S2. The molecule has 3 rings (SSSR count). The lowest BCUT2D eigenvalue weighted by Crippen LogP contribution is -2.55. The van der Waals surface area contributed by atoms with Crippen molar-refractivity contribution in [1.82, 2.24) is 14.7 Å². The Morgan fingerprint density at radius 2 is 1.97 bits per heavy atom. The topological polar surface area (TPSA) is 142 Å². The molecule has 0 unspecified atom stereocenters. The Morgan fingerprint density at radius 1 is 1.29 bits per heavy atom. The zero-order valence-corrected chi connectivity index (χ0v) is 19.1. The van der Waals surface area contributed by atoms with Crippen LogP contribution in [0.25, 0.3) is 0 Å². The molecule has 0 bridgehead atoms. The quantitative estimate of drug-likeness (QED) is 0.630. The predicted molar refractivity (Wildman–Crippen MR) is 112 cm³/mol. The molecule has 0 radical (unpaired) electrons. The maximum atomic E-state index is 12.5.